The van der Waals surface area contributed by atoms with E-state index in [9.17, 15) is 4.79 Å². The molecule has 16 heavy (non-hydrogen) atoms. The first kappa shape index (κ1) is 11.4. The maximum absolute atomic E-state index is 11.8. The number of rotatable bonds is 3. The van der Waals surface area contributed by atoms with Gasteiger partial charge in [0, 0.05) is 29.4 Å². The van der Waals surface area contributed by atoms with Crippen molar-refractivity contribution in [2.75, 3.05) is 0 Å². The molecule has 0 spiro atoms. The zero-order valence-electron chi connectivity index (χ0n) is 10.5. The van der Waals surface area contributed by atoms with Crippen molar-refractivity contribution in [1.82, 2.24) is 4.57 Å². The molecule has 0 atom stereocenters. The van der Waals surface area contributed by atoms with Crippen LogP contribution in [-0.4, -0.2) is 10.4 Å². The van der Waals surface area contributed by atoms with E-state index in [0.29, 0.717) is 5.78 Å². The lowest BCUT2D eigenvalue weighted by molar-refractivity contribution is 0.0970. The predicted molar refractivity (Wildman–Crippen MR) is 65.9 cm³/mol. The van der Waals surface area contributed by atoms with Crippen LogP contribution in [0.5, 0.6) is 0 Å². The van der Waals surface area contributed by atoms with Crippen LogP contribution in [-0.2, 0) is 12.0 Å². The molecule has 1 aromatic rings. The fourth-order valence-electron chi connectivity index (χ4n) is 2.62. The summed E-state index contributed by atoms with van der Waals surface area (Å²) in [7, 11) is 0. The molecule has 0 aliphatic heterocycles. The van der Waals surface area contributed by atoms with E-state index in [2.05, 4.69) is 31.5 Å². The summed E-state index contributed by atoms with van der Waals surface area (Å²) < 4.78 is 2.35. The van der Waals surface area contributed by atoms with Gasteiger partial charge in [-0.05, 0) is 38.7 Å². The topological polar surface area (TPSA) is 22.0 Å². The summed E-state index contributed by atoms with van der Waals surface area (Å²) in [6.45, 7) is 6.73. The summed E-state index contributed by atoms with van der Waals surface area (Å²) in [4.78, 5) is 11.8. The molecule has 0 unspecified atom stereocenters. The van der Waals surface area contributed by atoms with Crippen molar-refractivity contribution in [3.05, 3.63) is 23.5 Å². The van der Waals surface area contributed by atoms with Crippen LogP contribution < -0.4 is 0 Å². The van der Waals surface area contributed by atoms with Gasteiger partial charge in [0.2, 0.25) is 0 Å². The molecule has 0 N–H and O–H groups in total. The molecule has 2 rings (SSSR count). The van der Waals surface area contributed by atoms with Crippen molar-refractivity contribution in [2.24, 2.45) is 0 Å². The van der Waals surface area contributed by atoms with Gasteiger partial charge in [-0.1, -0.05) is 13.8 Å². The minimum atomic E-state index is 0.172. The molecule has 1 aromatic heterocycles. The Morgan fingerprint density at radius 3 is 2.62 bits per heavy atom. The lowest BCUT2D eigenvalue weighted by Crippen LogP contribution is -2.30. The maximum atomic E-state index is 11.8. The maximum Gasteiger partial charge on any atom is 0.164 e. The highest BCUT2D eigenvalue weighted by molar-refractivity contribution is 5.98. The van der Waals surface area contributed by atoms with E-state index in [1.54, 1.807) is 0 Å². The van der Waals surface area contributed by atoms with Gasteiger partial charge < -0.3 is 4.57 Å². The van der Waals surface area contributed by atoms with Crippen LogP contribution in [0.4, 0.5) is 0 Å². The lowest BCUT2D eigenvalue weighted by Gasteiger charge is -2.32. The summed E-state index contributed by atoms with van der Waals surface area (Å²) in [5, 5.41) is 0. The van der Waals surface area contributed by atoms with Crippen molar-refractivity contribution in [2.45, 2.75) is 58.4 Å². The number of hydrogen-bond acceptors (Lipinski definition) is 1. The Hall–Kier alpha value is -1.05. The van der Waals surface area contributed by atoms with Crippen LogP contribution in [0.15, 0.2) is 12.3 Å². The molecule has 1 heterocycles. The minimum Gasteiger partial charge on any atom is -0.345 e. The Labute approximate surface area is 97.7 Å². The number of Topliss-reactive ketones (excluding diaryl/α,β-unsaturated/α-hetero) is 1. The second-order valence-corrected chi connectivity index (χ2v) is 5.03. The third-order valence-corrected chi connectivity index (χ3v) is 4.21. The molecule has 88 valence electrons. The Kier molecular flexibility index (Phi) is 2.92. The highest BCUT2D eigenvalue weighted by Crippen LogP contribution is 2.31. The second kappa shape index (κ2) is 4.08. The predicted octanol–water partition coefficient (Wildman–Crippen LogP) is 3.54. The molecule has 0 saturated carbocycles. The van der Waals surface area contributed by atoms with Gasteiger partial charge in [-0.3, -0.25) is 4.79 Å². The van der Waals surface area contributed by atoms with E-state index in [1.165, 1.54) is 5.69 Å². The number of carbonyl (C=O) groups excluding carboxylic acids is 1. The number of carbonyl (C=O) groups is 1. The third-order valence-electron chi connectivity index (χ3n) is 4.21. The Morgan fingerprint density at radius 1 is 1.31 bits per heavy atom. The van der Waals surface area contributed by atoms with Crippen molar-refractivity contribution < 1.29 is 4.79 Å². The number of hydrogen-bond donors (Lipinski definition) is 0. The zero-order chi connectivity index (χ0) is 11.8. The van der Waals surface area contributed by atoms with Crippen molar-refractivity contribution in [3.8, 4) is 0 Å². The average Bonchev–Trinajstić information content (AvgIpc) is 2.74. The van der Waals surface area contributed by atoms with Gasteiger partial charge in [-0.15, -0.1) is 0 Å². The summed E-state index contributed by atoms with van der Waals surface area (Å²) in [6, 6.07) is 2.01. The van der Waals surface area contributed by atoms with Crippen LogP contribution >= 0.6 is 0 Å². The van der Waals surface area contributed by atoms with Crippen LogP contribution in [0.3, 0.4) is 0 Å². The molecule has 1 aliphatic rings. The summed E-state index contributed by atoms with van der Waals surface area (Å²) in [5.41, 5.74) is 2.41. The van der Waals surface area contributed by atoms with Crippen molar-refractivity contribution in [1.29, 1.82) is 0 Å². The quantitative estimate of drug-likeness (QED) is 0.762. The Bertz CT molecular complexity index is 399. The van der Waals surface area contributed by atoms with Gasteiger partial charge in [-0.2, -0.15) is 0 Å². The fraction of sp³-hybridized carbons (Fsp3) is 0.643. The van der Waals surface area contributed by atoms with Crippen LogP contribution in [0.2, 0.25) is 0 Å². The monoisotopic (exact) mass is 219 g/mol. The van der Waals surface area contributed by atoms with Crippen LogP contribution in [0.25, 0.3) is 0 Å². The Morgan fingerprint density at radius 2 is 2.00 bits per heavy atom. The van der Waals surface area contributed by atoms with Gasteiger partial charge >= 0.3 is 0 Å². The first-order valence-electron chi connectivity index (χ1n) is 6.36. The summed E-state index contributed by atoms with van der Waals surface area (Å²) >= 11 is 0. The number of aromatic nitrogens is 1. The standard InChI is InChI=1S/C14H21NO/c1-4-14(3,5-2)15-10-9-11-12(15)7-6-8-13(11)16/h9-10H,4-8H2,1-3H3. The fourth-order valence-corrected chi connectivity index (χ4v) is 2.62. The first-order valence-corrected chi connectivity index (χ1v) is 6.36. The highest BCUT2D eigenvalue weighted by atomic mass is 16.1. The number of ketones is 1. The smallest absolute Gasteiger partial charge is 0.164 e. The first-order chi connectivity index (χ1) is 7.62. The molecule has 0 fully saturated rings. The van der Waals surface area contributed by atoms with E-state index in [-0.39, 0.29) is 5.54 Å². The van der Waals surface area contributed by atoms with E-state index in [1.807, 2.05) is 6.07 Å². The summed E-state index contributed by atoms with van der Waals surface area (Å²) in [6.07, 6.45) is 7.13. The van der Waals surface area contributed by atoms with Crippen LogP contribution in [0.1, 0.15) is 62.5 Å². The largest absolute Gasteiger partial charge is 0.345 e. The van der Waals surface area contributed by atoms with Crippen LogP contribution in [0, 0.1) is 0 Å². The van der Waals surface area contributed by atoms with E-state index >= 15 is 0 Å². The minimum absolute atomic E-state index is 0.172. The second-order valence-electron chi connectivity index (χ2n) is 5.03. The van der Waals surface area contributed by atoms with E-state index in [4.69, 9.17) is 0 Å². The lowest BCUT2D eigenvalue weighted by atomic mass is 9.92. The normalized spacial score (nSPS) is 16.3. The number of fused-ring (bicyclic) bond motifs is 1. The van der Waals surface area contributed by atoms with Gasteiger partial charge in [0.25, 0.3) is 0 Å². The SMILES string of the molecule is CCC(C)(CC)n1ccc2c1CCCC2=O. The van der Waals surface area contributed by atoms with Crippen molar-refractivity contribution >= 4 is 5.78 Å². The van der Waals surface area contributed by atoms with Gasteiger partial charge in [0.1, 0.15) is 0 Å². The molecule has 1 aliphatic carbocycles. The Balaban J connectivity index is 2.47. The van der Waals surface area contributed by atoms with Gasteiger partial charge in [0.15, 0.2) is 5.78 Å². The summed E-state index contributed by atoms with van der Waals surface area (Å²) in [5.74, 6) is 0.328. The molecular weight excluding hydrogens is 198 g/mol. The molecule has 2 nitrogen and oxygen atoms in total. The zero-order valence-corrected chi connectivity index (χ0v) is 10.5. The molecular formula is C14H21NO. The highest BCUT2D eigenvalue weighted by Gasteiger charge is 2.28. The molecule has 0 radical (unpaired) electrons. The molecule has 0 aromatic carbocycles. The van der Waals surface area contributed by atoms with E-state index < -0.39 is 0 Å². The van der Waals surface area contributed by atoms with Gasteiger partial charge in [0.05, 0.1) is 0 Å². The molecule has 0 amide bonds. The number of nitrogens with zero attached hydrogens (tertiary/aromatic N) is 1. The average molecular weight is 219 g/mol. The van der Waals surface area contributed by atoms with Gasteiger partial charge in [-0.25, -0.2) is 0 Å². The van der Waals surface area contributed by atoms with Crippen molar-refractivity contribution in [3.63, 3.8) is 0 Å². The third kappa shape index (κ3) is 1.60. The van der Waals surface area contributed by atoms with E-state index in [0.717, 1.165) is 37.7 Å². The molecule has 0 saturated heterocycles. The molecule has 0 bridgehead atoms. The molecule has 2 heteroatoms.